The number of nitrogens with one attached hydrogen (secondary N) is 1. The highest BCUT2D eigenvalue weighted by atomic mass is 79.9. The molecule has 15 heavy (non-hydrogen) atoms. The van der Waals surface area contributed by atoms with Gasteiger partial charge in [0.05, 0.1) is 11.3 Å². The molecule has 0 spiro atoms. The van der Waals surface area contributed by atoms with Gasteiger partial charge in [-0.1, -0.05) is 6.07 Å². The van der Waals surface area contributed by atoms with Gasteiger partial charge in [-0.25, -0.2) is 0 Å². The molecule has 0 saturated heterocycles. The summed E-state index contributed by atoms with van der Waals surface area (Å²) in [4.78, 5) is 11.9. The molecule has 1 aliphatic carbocycles. The fourth-order valence-electron chi connectivity index (χ4n) is 1.39. The zero-order valence-corrected chi connectivity index (χ0v) is 10.1. The van der Waals surface area contributed by atoms with Gasteiger partial charge in [0, 0.05) is 10.0 Å². The first-order chi connectivity index (χ1) is 7.02. The number of halogens is 1. The summed E-state index contributed by atoms with van der Waals surface area (Å²) in [5.41, 5.74) is 6.85. The maximum absolute atomic E-state index is 11.9. The van der Waals surface area contributed by atoms with Crippen LogP contribution in [-0.4, -0.2) is 11.4 Å². The van der Waals surface area contributed by atoms with E-state index in [2.05, 4.69) is 21.2 Å². The normalized spacial score (nSPS) is 17.2. The molecule has 1 fully saturated rings. The average Bonchev–Trinajstić information content (AvgIpc) is 2.88. The van der Waals surface area contributed by atoms with E-state index in [1.165, 1.54) is 0 Å². The molecule has 0 radical (unpaired) electrons. The fraction of sp³-hybridized carbons (Fsp3) is 0.364. The minimum atomic E-state index is -0.0891. The monoisotopic (exact) mass is 268 g/mol. The third-order valence-electron chi connectivity index (χ3n) is 2.71. The minimum absolute atomic E-state index is 0.00809. The van der Waals surface area contributed by atoms with E-state index >= 15 is 0 Å². The smallest absolute Gasteiger partial charge is 0.253 e. The SMILES string of the molecule is CC1(NC(=O)c2cccc(Br)c2N)CC1. The molecular formula is C11H13BrN2O. The van der Waals surface area contributed by atoms with Crippen molar-refractivity contribution < 1.29 is 4.79 Å². The Labute approximate surface area is 97.2 Å². The van der Waals surface area contributed by atoms with Gasteiger partial charge in [0.2, 0.25) is 0 Å². The van der Waals surface area contributed by atoms with Crippen LogP contribution in [0.2, 0.25) is 0 Å². The molecule has 80 valence electrons. The van der Waals surface area contributed by atoms with Crippen LogP contribution in [0.25, 0.3) is 0 Å². The Balaban J connectivity index is 2.21. The van der Waals surface area contributed by atoms with Gasteiger partial charge in [0.1, 0.15) is 0 Å². The summed E-state index contributed by atoms with van der Waals surface area (Å²) in [6.07, 6.45) is 2.10. The zero-order chi connectivity index (χ0) is 11.1. The summed E-state index contributed by atoms with van der Waals surface area (Å²) >= 11 is 3.30. The lowest BCUT2D eigenvalue weighted by molar-refractivity contribution is 0.0936. The van der Waals surface area contributed by atoms with Crippen LogP contribution in [0.5, 0.6) is 0 Å². The number of para-hydroxylation sites is 1. The predicted molar refractivity (Wildman–Crippen MR) is 63.7 cm³/mol. The Kier molecular flexibility index (Phi) is 2.46. The number of carbonyl (C=O) groups excluding carboxylic acids is 1. The second-order valence-electron chi connectivity index (χ2n) is 4.22. The number of hydrogen-bond donors (Lipinski definition) is 2. The van der Waals surface area contributed by atoms with Crippen molar-refractivity contribution in [2.45, 2.75) is 25.3 Å². The molecule has 0 bridgehead atoms. The van der Waals surface area contributed by atoms with Gasteiger partial charge in [0.15, 0.2) is 0 Å². The second kappa shape index (κ2) is 3.52. The molecule has 2 rings (SSSR count). The van der Waals surface area contributed by atoms with Crippen molar-refractivity contribution >= 4 is 27.5 Å². The number of hydrogen-bond acceptors (Lipinski definition) is 2. The number of carbonyl (C=O) groups is 1. The van der Waals surface area contributed by atoms with E-state index in [4.69, 9.17) is 5.73 Å². The number of nitrogens with two attached hydrogens (primary N) is 1. The highest BCUT2D eigenvalue weighted by molar-refractivity contribution is 9.10. The van der Waals surface area contributed by atoms with Crippen LogP contribution in [0, 0.1) is 0 Å². The average molecular weight is 269 g/mol. The number of amides is 1. The van der Waals surface area contributed by atoms with E-state index in [1.807, 2.05) is 19.1 Å². The molecule has 1 aliphatic rings. The molecule has 3 nitrogen and oxygen atoms in total. The summed E-state index contributed by atoms with van der Waals surface area (Å²) in [7, 11) is 0. The molecule has 1 amide bonds. The lowest BCUT2D eigenvalue weighted by atomic mass is 10.1. The third-order valence-corrected chi connectivity index (χ3v) is 3.40. The first-order valence-corrected chi connectivity index (χ1v) is 5.68. The van der Waals surface area contributed by atoms with Gasteiger partial charge in [-0.3, -0.25) is 4.79 Å². The van der Waals surface area contributed by atoms with Crippen molar-refractivity contribution in [3.63, 3.8) is 0 Å². The Bertz CT molecular complexity index is 413. The Hall–Kier alpha value is -1.03. The standard InChI is InChI=1S/C11H13BrN2O/c1-11(5-6-11)14-10(15)7-3-2-4-8(12)9(7)13/h2-4H,5-6,13H2,1H3,(H,14,15). The van der Waals surface area contributed by atoms with Crippen LogP contribution in [-0.2, 0) is 0 Å². The zero-order valence-electron chi connectivity index (χ0n) is 8.51. The molecule has 0 aromatic heterocycles. The van der Waals surface area contributed by atoms with Crippen molar-refractivity contribution in [2.75, 3.05) is 5.73 Å². The van der Waals surface area contributed by atoms with Crippen LogP contribution in [0.15, 0.2) is 22.7 Å². The topological polar surface area (TPSA) is 55.1 Å². The Morgan fingerprint density at radius 3 is 2.80 bits per heavy atom. The molecule has 0 heterocycles. The molecule has 0 atom stereocenters. The van der Waals surface area contributed by atoms with E-state index in [-0.39, 0.29) is 11.4 Å². The number of nitrogen functional groups attached to an aromatic ring is 1. The molecular weight excluding hydrogens is 256 g/mol. The lowest BCUT2D eigenvalue weighted by Gasteiger charge is -2.13. The summed E-state index contributed by atoms with van der Waals surface area (Å²) in [5, 5.41) is 2.97. The number of anilines is 1. The maximum Gasteiger partial charge on any atom is 0.253 e. The van der Waals surface area contributed by atoms with Gasteiger partial charge in [0.25, 0.3) is 5.91 Å². The van der Waals surface area contributed by atoms with E-state index in [9.17, 15) is 4.79 Å². The van der Waals surface area contributed by atoms with E-state index in [1.54, 1.807) is 6.07 Å². The molecule has 3 N–H and O–H groups in total. The van der Waals surface area contributed by atoms with Crippen molar-refractivity contribution in [3.8, 4) is 0 Å². The highest BCUT2D eigenvalue weighted by Crippen LogP contribution is 2.35. The summed E-state index contributed by atoms with van der Waals surface area (Å²) < 4.78 is 0.760. The van der Waals surface area contributed by atoms with Gasteiger partial charge >= 0.3 is 0 Å². The van der Waals surface area contributed by atoms with Crippen LogP contribution in [0.3, 0.4) is 0 Å². The number of benzene rings is 1. The molecule has 1 saturated carbocycles. The van der Waals surface area contributed by atoms with Crippen LogP contribution >= 0.6 is 15.9 Å². The van der Waals surface area contributed by atoms with E-state index in [0.29, 0.717) is 11.3 Å². The van der Waals surface area contributed by atoms with E-state index < -0.39 is 0 Å². The summed E-state index contributed by atoms with van der Waals surface area (Å²) in [6.45, 7) is 2.04. The van der Waals surface area contributed by atoms with Crippen LogP contribution in [0.1, 0.15) is 30.1 Å². The quantitative estimate of drug-likeness (QED) is 0.809. The predicted octanol–water partition coefficient (Wildman–Crippen LogP) is 2.31. The molecule has 0 aliphatic heterocycles. The first-order valence-electron chi connectivity index (χ1n) is 4.88. The van der Waals surface area contributed by atoms with Crippen molar-refractivity contribution in [1.29, 1.82) is 0 Å². The van der Waals surface area contributed by atoms with Gasteiger partial charge in [-0.15, -0.1) is 0 Å². The summed E-state index contributed by atoms with van der Waals surface area (Å²) in [6, 6.07) is 5.37. The van der Waals surface area contributed by atoms with Gasteiger partial charge < -0.3 is 11.1 Å². The van der Waals surface area contributed by atoms with Crippen LogP contribution < -0.4 is 11.1 Å². The van der Waals surface area contributed by atoms with Crippen molar-refractivity contribution in [3.05, 3.63) is 28.2 Å². The number of rotatable bonds is 2. The van der Waals surface area contributed by atoms with Gasteiger partial charge in [-0.05, 0) is 47.8 Å². The maximum atomic E-state index is 11.9. The van der Waals surface area contributed by atoms with Gasteiger partial charge in [-0.2, -0.15) is 0 Å². The fourth-order valence-corrected chi connectivity index (χ4v) is 1.76. The molecule has 1 aromatic rings. The van der Waals surface area contributed by atoms with E-state index in [0.717, 1.165) is 17.3 Å². The third kappa shape index (κ3) is 2.15. The van der Waals surface area contributed by atoms with Crippen molar-refractivity contribution in [1.82, 2.24) is 5.32 Å². The molecule has 1 aromatic carbocycles. The molecule has 0 unspecified atom stereocenters. The van der Waals surface area contributed by atoms with Crippen LogP contribution in [0.4, 0.5) is 5.69 Å². The lowest BCUT2D eigenvalue weighted by Crippen LogP contribution is -2.34. The molecule has 4 heteroatoms. The largest absolute Gasteiger partial charge is 0.397 e. The minimum Gasteiger partial charge on any atom is -0.397 e. The first kappa shape index (κ1) is 10.5. The summed E-state index contributed by atoms with van der Waals surface area (Å²) in [5.74, 6) is -0.0891. The Morgan fingerprint density at radius 2 is 2.20 bits per heavy atom. The highest BCUT2D eigenvalue weighted by Gasteiger charge is 2.39. The van der Waals surface area contributed by atoms with Crippen molar-refractivity contribution in [2.24, 2.45) is 0 Å². The second-order valence-corrected chi connectivity index (χ2v) is 5.07. The Morgan fingerprint density at radius 1 is 1.53 bits per heavy atom.